The lowest BCUT2D eigenvalue weighted by molar-refractivity contribution is 0.626. The predicted molar refractivity (Wildman–Crippen MR) is 51.4 cm³/mol. The van der Waals surface area contributed by atoms with E-state index in [1.54, 1.807) is 6.07 Å². The molecular formula is C8H4Br2FN. The van der Waals surface area contributed by atoms with Gasteiger partial charge < -0.3 is 0 Å². The van der Waals surface area contributed by atoms with Gasteiger partial charge in [0.1, 0.15) is 10.6 Å². The molecule has 0 spiro atoms. The molecule has 0 aliphatic carbocycles. The molecule has 0 radical (unpaired) electrons. The summed E-state index contributed by atoms with van der Waals surface area (Å²) in [6.07, 6.45) is 0. The van der Waals surface area contributed by atoms with Crippen LogP contribution in [0.5, 0.6) is 0 Å². The Morgan fingerprint density at radius 1 is 1.50 bits per heavy atom. The largest absolute Gasteiger partial charge is 0.207 e. The number of nitrogens with zero attached hydrogens (tertiary/aromatic N) is 1. The second-order valence-corrected chi connectivity index (χ2v) is 3.93. The third-order valence-electron chi connectivity index (χ3n) is 1.35. The molecular weight excluding hydrogens is 289 g/mol. The fourth-order valence-electron chi connectivity index (χ4n) is 0.777. The maximum absolute atomic E-state index is 12.6. The number of nitriles is 1. The second-order valence-electron chi connectivity index (χ2n) is 2.16. The fraction of sp³-hybridized carbons (Fsp3) is 0.125. The van der Waals surface area contributed by atoms with Gasteiger partial charge in [-0.3, -0.25) is 0 Å². The third-order valence-corrected chi connectivity index (χ3v) is 2.73. The highest BCUT2D eigenvalue weighted by Crippen LogP contribution is 2.29. The van der Waals surface area contributed by atoms with E-state index >= 15 is 0 Å². The lowest BCUT2D eigenvalue weighted by Gasteiger charge is -2.03. The minimum absolute atomic E-state index is 0.316. The molecule has 0 aliphatic heterocycles. The number of rotatable bonds is 1. The molecule has 0 saturated carbocycles. The summed E-state index contributed by atoms with van der Waals surface area (Å²) in [5.74, 6) is -0.316. The zero-order valence-electron chi connectivity index (χ0n) is 5.89. The van der Waals surface area contributed by atoms with Gasteiger partial charge in [-0.25, -0.2) is 4.39 Å². The van der Waals surface area contributed by atoms with E-state index in [0.29, 0.717) is 4.47 Å². The molecule has 0 N–H and O–H groups in total. The highest BCUT2D eigenvalue weighted by atomic mass is 79.9. The first-order valence-electron chi connectivity index (χ1n) is 3.14. The average molecular weight is 293 g/mol. The molecule has 12 heavy (non-hydrogen) atoms. The van der Waals surface area contributed by atoms with Crippen LogP contribution >= 0.6 is 31.9 Å². The predicted octanol–water partition coefficient (Wildman–Crippen LogP) is 3.55. The number of hydrogen-bond acceptors (Lipinski definition) is 1. The van der Waals surface area contributed by atoms with E-state index in [2.05, 4.69) is 31.9 Å². The van der Waals surface area contributed by atoms with E-state index in [4.69, 9.17) is 5.26 Å². The van der Waals surface area contributed by atoms with Crippen molar-refractivity contribution in [2.75, 3.05) is 0 Å². The summed E-state index contributed by atoms with van der Waals surface area (Å²) in [4.78, 5) is -0.396. The molecule has 1 aromatic carbocycles. The van der Waals surface area contributed by atoms with E-state index in [9.17, 15) is 4.39 Å². The molecule has 1 aromatic rings. The van der Waals surface area contributed by atoms with Gasteiger partial charge in [-0.2, -0.15) is 5.26 Å². The maximum Gasteiger partial charge on any atom is 0.127 e. The Morgan fingerprint density at radius 2 is 2.17 bits per heavy atom. The first-order valence-corrected chi connectivity index (χ1v) is 4.84. The van der Waals surface area contributed by atoms with E-state index in [-0.39, 0.29) is 5.82 Å². The molecule has 0 amide bonds. The van der Waals surface area contributed by atoms with Crippen molar-refractivity contribution in [2.24, 2.45) is 0 Å². The molecule has 0 aliphatic rings. The molecule has 62 valence electrons. The van der Waals surface area contributed by atoms with Gasteiger partial charge in [0.25, 0.3) is 0 Å². The normalized spacial score (nSPS) is 12.2. The van der Waals surface area contributed by atoms with Gasteiger partial charge in [0.05, 0.1) is 6.07 Å². The van der Waals surface area contributed by atoms with Crippen molar-refractivity contribution in [1.82, 2.24) is 0 Å². The number of hydrogen-bond donors (Lipinski definition) is 0. The summed E-state index contributed by atoms with van der Waals surface area (Å²) in [6.45, 7) is 0. The van der Waals surface area contributed by atoms with Crippen LogP contribution in [0.4, 0.5) is 4.39 Å². The van der Waals surface area contributed by atoms with Gasteiger partial charge in [0.2, 0.25) is 0 Å². The maximum atomic E-state index is 12.6. The van der Waals surface area contributed by atoms with Gasteiger partial charge in [0, 0.05) is 4.47 Å². The summed E-state index contributed by atoms with van der Waals surface area (Å²) in [5.41, 5.74) is 0.735. The van der Waals surface area contributed by atoms with E-state index in [0.717, 1.165) is 5.56 Å². The fourth-order valence-corrected chi connectivity index (χ4v) is 2.06. The zero-order valence-corrected chi connectivity index (χ0v) is 9.06. The summed E-state index contributed by atoms with van der Waals surface area (Å²) >= 11 is 6.31. The minimum atomic E-state index is -0.396. The smallest absolute Gasteiger partial charge is 0.127 e. The van der Waals surface area contributed by atoms with Gasteiger partial charge in [0.15, 0.2) is 0 Å². The summed E-state index contributed by atoms with van der Waals surface area (Å²) in [5, 5.41) is 8.57. The van der Waals surface area contributed by atoms with Crippen molar-refractivity contribution < 1.29 is 4.39 Å². The standard InChI is InChI=1S/C8H4Br2FN/c9-7-3-5(11)1-2-6(7)8(10)4-12/h1-3,8H. The molecule has 0 saturated heterocycles. The van der Waals surface area contributed by atoms with E-state index < -0.39 is 4.83 Å². The highest BCUT2D eigenvalue weighted by Gasteiger charge is 2.09. The van der Waals surface area contributed by atoms with Gasteiger partial charge in [-0.05, 0) is 17.7 Å². The van der Waals surface area contributed by atoms with Gasteiger partial charge >= 0.3 is 0 Å². The van der Waals surface area contributed by atoms with Crippen LogP contribution in [0.25, 0.3) is 0 Å². The molecule has 1 rings (SSSR count). The molecule has 0 fully saturated rings. The first-order chi connectivity index (χ1) is 5.65. The SMILES string of the molecule is N#CC(Br)c1ccc(F)cc1Br. The summed E-state index contributed by atoms with van der Waals surface area (Å²) < 4.78 is 13.2. The van der Waals surface area contributed by atoms with E-state index in [1.165, 1.54) is 12.1 Å². The minimum Gasteiger partial charge on any atom is -0.207 e. The lowest BCUT2D eigenvalue weighted by Crippen LogP contribution is -1.88. The van der Waals surface area contributed by atoms with Crippen molar-refractivity contribution >= 4 is 31.9 Å². The van der Waals surface area contributed by atoms with Crippen LogP contribution in [0.15, 0.2) is 22.7 Å². The van der Waals surface area contributed by atoms with Crippen molar-refractivity contribution in [3.63, 3.8) is 0 Å². The van der Waals surface area contributed by atoms with Crippen LogP contribution < -0.4 is 0 Å². The van der Waals surface area contributed by atoms with Crippen LogP contribution in [0.3, 0.4) is 0 Å². The molecule has 0 bridgehead atoms. The first kappa shape index (κ1) is 9.69. The molecule has 1 nitrogen and oxygen atoms in total. The molecule has 0 aromatic heterocycles. The third kappa shape index (κ3) is 2.05. The van der Waals surface area contributed by atoms with Crippen LogP contribution in [-0.4, -0.2) is 0 Å². The topological polar surface area (TPSA) is 23.8 Å². The summed E-state index contributed by atoms with van der Waals surface area (Å²) in [6, 6.07) is 6.24. The Bertz CT molecular complexity index is 332. The lowest BCUT2D eigenvalue weighted by atomic mass is 10.2. The van der Waals surface area contributed by atoms with Crippen molar-refractivity contribution in [1.29, 1.82) is 5.26 Å². The van der Waals surface area contributed by atoms with Crippen molar-refractivity contribution in [3.8, 4) is 6.07 Å². The second kappa shape index (κ2) is 4.01. The quantitative estimate of drug-likeness (QED) is 0.726. The Kier molecular flexibility index (Phi) is 3.24. The number of halogens is 3. The van der Waals surface area contributed by atoms with Gasteiger partial charge in [-0.15, -0.1) is 0 Å². The highest BCUT2D eigenvalue weighted by molar-refractivity contribution is 9.11. The van der Waals surface area contributed by atoms with Crippen LogP contribution in [-0.2, 0) is 0 Å². The van der Waals surface area contributed by atoms with Gasteiger partial charge in [-0.1, -0.05) is 37.9 Å². The van der Waals surface area contributed by atoms with Crippen molar-refractivity contribution in [2.45, 2.75) is 4.83 Å². The molecule has 4 heteroatoms. The summed E-state index contributed by atoms with van der Waals surface area (Å²) in [7, 11) is 0. The average Bonchev–Trinajstić information content (AvgIpc) is 2.03. The number of benzene rings is 1. The Balaban J connectivity index is 3.11. The molecule has 1 atom stereocenters. The van der Waals surface area contributed by atoms with E-state index in [1.807, 2.05) is 6.07 Å². The Labute approximate surface area is 86.5 Å². The van der Waals surface area contributed by atoms with Crippen LogP contribution in [0.1, 0.15) is 10.4 Å². The Morgan fingerprint density at radius 3 is 2.67 bits per heavy atom. The molecule has 0 heterocycles. The monoisotopic (exact) mass is 291 g/mol. The van der Waals surface area contributed by atoms with Crippen LogP contribution in [0, 0.1) is 17.1 Å². The van der Waals surface area contributed by atoms with Crippen LogP contribution in [0.2, 0.25) is 0 Å². The molecule has 1 unspecified atom stereocenters. The Hall–Kier alpha value is -0.400. The number of alkyl halides is 1. The van der Waals surface area contributed by atoms with Crippen molar-refractivity contribution in [3.05, 3.63) is 34.1 Å². The zero-order chi connectivity index (χ0) is 9.14.